The Hall–Kier alpha value is -2.24. The molecule has 0 aliphatic heterocycles. The van der Waals surface area contributed by atoms with Gasteiger partial charge in [0.05, 0.1) is 24.9 Å². The third-order valence-corrected chi connectivity index (χ3v) is 12.5. The summed E-state index contributed by atoms with van der Waals surface area (Å²) < 4.78 is 13.7. The summed E-state index contributed by atoms with van der Waals surface area (Å²) in [5.74, 6) is 0. The third kappa shape index (κ3) is 6.95. The minimum Gasteiger partial charge on any atom is -0.415 e. The molecule has 0 amide bonds. The Morgan fingerprint density at radius 3 is 1.61 bits per heavy atom. The van der Waals surface area contributed by atoms with Gasteiger partial charge in [-0.05, 0) is 47.7 Å². The largest absolute Gasteiger partial charge is 0.415 e. The summed E-state index contributed by atoms with van der Waals surface area (Å²) >= 11 is 0. The number of ether oxygens (including phenoxy) is 1. The normalized spacial score (nSPS) is 16.2. The van der Waals surface area contributed by atoms with Gasteiger partial charge in [0, 0.05) is 13.1 Å². The third-order valence-electron chi connectivity index (χ3n) is 8.03. The van der Waals surface area contributed by atoms with Crippen molar-refractivity contribution in [3.05, 3.63) is 108 Å². The SMILES string of the molecule is CC(C)(C)[Si](C)(C)OC[C@H](N(Cc1ccccc1)Cc1ccccc1)C1(OCc2ccccc2)CC1. The lowest BCUT2D eigenvalue weighted by molar-refractivity contribution is -0.0638. The highest BCUT2D eigenvalue weighted by Crippen LogP contribution is 2.47. The van der Waals surface area contributed by atoms with Crippen molar-refractivity contribution in [3.63, 3.8) is 0 Å². The highest BCUT2D eigenvalue weighted by Gasteiger charge is 2.54. The van der Waals surface area contributed by atoms with Gasteiger partial charge in [-0.3, -0.25) is 4.90 Å². The summed E-state index contributed by atoms with van der Waals surface area (Å²) in [6.45, 7) is 14.7. The molecule has 0 spiro atoms. The van der Waals surface area contributed by atoms with E-state index in [1.807, 2.05) is 0 Å². The molecule has 4 rings (SSSR count). The van der Waals surface area contributed by atoms with Gasteiger partial charge in [0.25, 0.3) is 0 Å². The summed E-state index contributed by atoms with van der Waals surface area (Å²) in [4.78, 5) is 2.61. The Morgan fingerprint density at radius 1 is 0.750 bits per heavy atom. The summed E-state index contributed by atoms with van der Waals surface area (Å²) in [5.41, 5.74) is 3.70. The molecule has 0 bridgehead atoms. The molecule has 0 heterocycles. The molecule has 0 unspecified atom stereocenters. The Kier molecular flexibility index (Phi) is 8.51. The smallest absolute Gasteiger partial charge is 0.192 e. The maximum Gasteiger partial charge on any atom is 0.192 e. The number of hydrogen-bond acceptors (Lipinski definition) is 3. The highest BCUT2D eigenvalue weighted by atomic mass is 28.4. The van der Waals surface area contributed by atoms with Gasteiger partial charge < -0.3 is 9.16 Å². The average molecular weight is 502 g/mol. The molecule has 1 saturated carbocycles. The van der Waals surface area contributed by atoms with E-state index in [4.69, 9.17) is 9.16 Å². The first-order valence-electron chi connectivity index (χ1n) is 13.3. The fourth-order valence-electron chi connectivity index (χ4n) is 4.50. The van der Waals surface area contributed by atoms with Crippen LogP contribution in [0.15, 0.2) is 91.0 Å². The van der Waals surface area contributed by atoms with Crippen molar-refractivity contribution in [2.75, 3.05) is 6.61 Å². The van der Waals surface area contributed by atoms with Gasteiger partial charge >= 0.3 is 0 Å². The molecule has 1 aliphatic carbocycles. The topological polar surface area (TPSA) is 21.7 Å². The van der Waals surface area contributed by atoms with Crippen molar-refractivity contribution in [2.24, 2.45) is 0 Å². The molecule has 3 nitrogen and oxygen atoms in total. The molecule has 1 fully saturated rings. The molecular weight excluding hydrogens is 458 g/mol. The van der Waals surface area contributed by atoms with Gasteiger partial charge in [0.15, 0.2) is 8.32 Å². The van der Waals surface area contributed by atoms with Crippen LogP contribution in [0.5, 0.6) is 0 Å². The maximum atomic E-state index is 6.91. The lowest BCUT2D eigenvalue weighted by Gasteiger charge is -2.42. The molecule has 3 aromatic carbocycles. The van der Waals surface area contributed by atoms with E-state index in [2.05, 4.69) is 130 Å². The van der Waals surface area contributed by atoms with Crippen molar-refractivity contribution >= 4 is 8.32 Å². The van der Waals surface area contributed by atoms with Crippen LogP contribution in [0, 0.1) is 0 Å². The van der Waals surface area contributed by atoms with E-state index in [9.17, 15) is 0 Å². The lowest BCUT2D eigenvalue weighted by atomic mass is 10.0. The van der Waals surface area contributed by atoms with E-state index in [-0.39, 0.29) is 16.7 Å². The van der Waals surface area contributed by atoms with Crippen molar-refractivity contribution in [1.29, 1.82) is 0 Å². The Labute approximate surface area is 219 Å². The maximum absolute atomic E-state index is 6.91. The van der Waals surface area contributed by atoms with E-state index in [0.29, 0.717) is 13.2 Å². The zero-order valence-electron chi connectivity index (χ0n) is 22.7. The number of nitrogens with zero attached hydrogens (tertiary/aromatic N) is 1. The monoisotopic (exact) mass is 501 g/mol. The average Bonchev–Trinajstić information content (AvgIpc) is 3.65. The van der Waals surface area contributed by atoms with Crippen LogP contribution in [0.4, 0.5) is 0 Å². The first-order chi connectivity index (χ1) is 17.2. The second-order valence-corrected chi connectivity index (χ2v) is 16.6. The zero-order chi connectivity index (χ0) is 25.7. The van der Waals surface area contributed by atoms with Crippen molar-refractivity contribution in [2.45, 2.75) is 83.1 Å². The molecule has 0 radical (unpaired) electrons. The van der Waals surface area contributed by atoms with E-state index in [0.717, 1.165) is 25.9 Å². The predicted octanol–water partition coefficient (Wildman–Crippen LogP) is 7.83. The second-order valence-electron chi connectivity index (χ2n) is 11.8. The Morgan fingerprint density at radius 2 is 1.19 bits per heavy atom. The van der Waals surface area contributed by atoms with Gasteiger partial charge in [-0.2, -0.15) is 0 Å². The molecule has 0 saturated heterocycles. The molecular formula is C32H43NO2Si. The number of rotatable bonds is 12. The molecule has 4 heteroatoms. The molecule has 1 aliphatic rings. The first-order valence-corrected chi connectivity index (χ1v) is 16.2. The lowest BCUT2D eigenvalue weighted by Crippen LogP contribution is -2.52. The zero-order valence-corrected chi connectivity index (χ0v) is 23.7. The first kappa shape index (κ1) is 26.8. The van der Waals surface area contributed by atoms with Gasteiger partial charge in [-0.15, -0.1) is 0 Å². The van der Waals surface area contributed by atoms with Gasteiger partial charge in [0.2, 0.25) is 0 Å². The van der Waals surface area contributed by atoms with Crippen LogP contribution in [0.25, 0.3) is 0 Å². The minimum absolute atomic E-state index is 0.169. The number of hydrogen-bond donors (Lipinski definition) is 0. The molecule has 192 valence electrons. The summed E-state index contributed by atoms with van der Waals surface area (Å²) in [7, 11) is -1.92. The van der Waals surface area contributed by atoms with Crippen LogP contribution >= 0.6 is 0 Å². The van der Waals surface area contributed by atoms with Crippen molar-refractivity contribution in [1.82, 2.24) is 4.90 Å². The molecule has 1 atom stereocenters. The molecule has 3 aromatic rings. The van der Waals surface area contributed by atoms with E-state index < -0.39 is 8.32 Å². The Balaban J connectivity index is 1.63. The summed E-state index contributed by atoms with van der Waals surface area (Å²) in [6, 6.07) is 32.4. The summed E-state index contributed by atoms with van der Waals surface area (Å²) in [6.07, 6.45) is 2.15. The van der Waals surface area contributed by atoms with E-state index >= 15 is 0 Å². The van der Waals surface area contributed by atoms with Gasteiger partial charge in [-0.1, -0.05) is 112 Å². The standard InChI is InChI=1S/C32H43NO2Si/c1-31(2,3)36(4,5)35-26-30(32(21-22-32)34-25-29-19-13-8-14-20-29)33(23-27-15-9-6-10-16-27)24-28-17-11-7-12-18-28/h6-20,30H,21-26H2,1-5H3/t30-/m0/s1. The molecule has 0 N–H and O–H groups in total. The fourth-order valence-corrected chi connectivity index (χ4v) is 5.51. The molecule has 36 heavy (non-hydrogen) atoms. The molecule has 0 aromatic heterocycles. The number of benzene rings is 3. The van der Waals surface area contributed by atoms with E-state index in [1.54, 1.807) is 0 Å². The fraction of sp³-hybridized carbons (Fsp3) is 0.438. The van der Waals surface area contributed by atoms with E-state index in [1.165, 1.54) is 16.7 Å². The van der Waals surface area contributed by atoms with Gasteiger partial charge in [-0.25, -0.2) is 0 Å². The van der Waals surface area contributed by atoms with Crippen molar-refractivity contribution < 1.29 is 9.16 Å². The van der Waals surface area contributed by atoms with Crippen LogP contribution in [0.2, 0.25) is 18.1 Å². The van der Waals surface area contributed by atoms with Crippen LogP contribution < -0.4 is 0 Å². The van der Waals surface area contributed by atoms with Crippen molar-refractivity contribution in [3.8, 4) is 0 Å². The summed E-state index contributed by atoms with van der Waals surface area (Å²) in [5, 5.41) is 0.169. The quantitative estimate of drug-likeness (QED) is 0.236. The second kappa shape index (κ2) is 11.4. The minimum atomic E-state index is -1.92. The Bertz CT molecular complexity index is 1020. The van der Waals surface area contributed by atoms with Crippen LogP contribution in [0.3, 0.4) is 0 Å². The van der Waals surface area contributed by atoms with Crippen LogP contribution in [-0.2, 0) is 28.9 Å². The van der Waals surface area contributed by atoms with Crippen LogP contribution in [-0.4, -0.2) is 31.5 Å². The highest BCUT2D eigenvalue weighted by molar-refractivity contribution is 6.74. The predicted molar refractivity (Wildman–Crippen MR) is 152 cm³/mol. The van der Waals surface area contributed by atoms with Gasteiger partial charge in [0.1, 0.15) is 0 Å². The van der Waals surface area contributed by atoms with Crippen LogP contribution in [0.1, 0.15) is 50.3 Å².